The zero-order chi connectivity index (χ0) is 14.1. The second kappa shape index (κ2) is 4.92. The van der Waals surface area contributed by atoms with Crippen molar-refractivity contribution in [3.05, 3.63) is 63.5 Å². The molecule has 1 heterocycles. The normalized spacial score (nSPS) is 16.8. The van der Waals surface area contributed by atoms with Crippen LogP contribution in [0.3, 0.4) is 0 Å². The summed E-state index contributed by atoms with van der Waals surface area (Å²) >= 11 is 0. The monoisotopic (exact) mass is 269 g/mol. The smallest absolute Gasteiger partial charge is 0.272 e. The Morgan fingerprint density at radius 2 is 2.25 bits per heavy atom. The van der Waals surface area contributed by atoms with Crippen molar-refractivity contribution < 1.29 is 4.92 Å². The van der Waals surface area contributed by atoms with E-state index in [1.807, 2.05) is 12.1 Å². The van der Waals surface area contributed by atoms with Crippen LogP contribution in [0.2, 0.25) is 0 Å². The molecule has 1 aromatic heterocycles. The zero-order valence-corrected chi connectivity index (χ0v) is 11.2. The number of aromatic nitrogens is 1. The first-order valence-corrected chi connectivity index (χ1v) is 6.60. The van der Waals surface area contributed by atoms with Gasteiger partial charge < -0.3 is 5.32 Å². The van der Waals surface area contributed by atoms with Gasteiger partial charge in [0.1, 0.15) is 0 Å². The summed E-state index contributed by atoms with van der Waals surface area (Å²) in [6.07, 6.45) is 3.83. The van der Waals surface area contributed by atoms with E-state index in [4.69, 9.17) is 0 Å². The van der Waals surface area contributed by atoms with Crippen molar-refractivity contribution in [2.75, 3.05) is 5.32 Å². The van der Waals surface area contributed by atoms with Crippen molar-refractivity contribution in [1.29, 1.82) is 0 Å². The van der Waals surface area contributed by atoms with E-state index < -0.39 is 0 Å². The highest BCUT2D eigenvalue weighted by atomic mass is 16.6. The molecule has 1 atom stereocenters. The number of anilines is 1. The molecule has 5 nitrogen and oxygen atoms in total. The van der Waals surface area contributed by atoms with Gasteiger partial charge in [-0.2, -0.15) is 0 Å². The second-order valence-corrected chi connectivity index (χ2v) is 5.04. The van der Waals surface area contributed by atoms with E-state index in [9.17, 15) is 10.1 Å². The Balaban J connectivity index is 1.83. The lowest BCUT2D eigenvalue weighted by Gasteiger charge is -2.15. The fraction of sp³-hybridized carbons (Fsp3) is 0.267. The molecule has 20 heavy (non-hydrogen) atoms. The largest absolute Gasteiger partial charge is 0.377 e. The maximum absolute atomic E-state index is 10.8. The second-order valence-electron chi connectivity index (χ2n) is 5.04. The molecule has 0 saturated heterocycles. The number of fused-ring (bicyclic) bond motifs is 1. The van der Waals surface area contributed by atoms with Gasteiger partial charge in [-0.3, -0.25) is 15.1 Å². The van der Waals surface area contributed by atoms with Crippen LogP contribution in [-0.2, 0) is 6.42 Å². The summed E-state index contributed by atoms with van der Waals surface area (Å²) in [5, 5.41) is 14.2. The number of pyridine rings is 1. The molecule has 102 valence electrons. The van der Waals surface area contributed by atoms with Gasteiger partial charge in [0, 0.05) is 23.5 Å². The van der Waals surface area contributed by atoms with E-state index in [0.29, 0.717) is 5.56 Å². The van der Waals surface area contributed by atoms with Crippen LogP contribution in [0.4, 0.5) is 11.4 Å². The fourth-order valence-electron chi connectivity index (χ4n) is 2.70. The number of hydrogen-bond donors (Lipinski definition) is 1. The highest BCUT2D eigenvalue weighted by Crippen LogP contribution is 2.33. The molecule has 0 aliphatic heterocycles. The van der Waals surface area contributed by atoms with E-state index in [-0.39, 0.29) is 16.7 Å². The molecule has 1 aromatic carbocycles. The average Bonchev–Trinajstić information content (AvgIpc) is 2.82. The number of benzene rings is 1. The van der Waals surface area contributed by atoms with Crippen LogP contribution in [0.25, 0.3) is 0 Å². The Bertz CT molecular complexity index is 670. The third kappa shape index (κ3) is 2.22. The number of nitro benzene ring substituents is 1. The maximum Gasteiger partial charge on any atom is 0.272 e. The predicted molar refractivity (Wildman–Crippen MR) is 76.8 cm³/mol. The van der Waals surface area contributed by atoms with Gasteiger partial charge in [-0.1, -0.05) is 6.07 Å². The molecule has 0 amide bonds. The zero-order valence-electron chi connectivity index (χ0n) is 11.2. The van der Waals surface area contributed by atoms with Gasteiger partial charge in [0.05, 0.1) is 16.7 Å². The van der Waals surface area contributed by atoms with E-state index in [1.165, 1.54) is 5.56 Å². The van der Waals surface area contributed by atoms with Crippen LogP contribution >= 0.6 is 0 Å². The minimum atomic E-state index is -0.356. The van der Waals surface area contributed by atoms with Gasteiger partial charge >= 0.3 is 0 Å². The number of nitrogens with one attached hydrogen (secondary N) is 1. The highest BCUT2D eigenvalue weighted by Gasteiger charge is 2.23. The summed E-state index contributed by atoms with van der Waals surface area (Å²) in [7, 11) is 0. The van der Waals surface area contributed by atoms with Crippen LogP contribution in [-0.4, -0.2) is 9.91 Å². The van der Waals surface area contributed by atoms with Gasteiger partial charge in [0.15, 0.2) is 0 Å². The Kier molecular flexibility index (Phi) is 3.10. The van der Waals surface area contributed by atoms with Crippen LogP contribution in [0.15, 0.2) is 36.5 Å². The summed E-state index contributed by atoms with van der Waals surface area (Å²) in [5.41, 5.74) is 4.09. The average molecular weight is 269 g/mol. The lowest BCUT2D eigenvalue weighted by Crippen LogP contribution is -2.08. The molecule has 1 N–H and O–H groups in total. The lowest BCUT2D eigenvalue weighted by atomic mass is 10.1. The van der Waals surface area contributed by atoms with E-state index in [2.05, 4.69) is 16.4 Å². The molecule has 0 bridgehead atoms. The number of nitro groups is 1. The minimum absolute atomic E-state index is 0.153. The summed E-state index contributed by atoms with van der Waals surface area (Å²) < 4.78 is 0. The van der Waals surface area contributed by atoms with Crippen LogP contribution in [0.5, 0.6) is 0 Å². The van der Waals surface area contributed by atoms with Crippen LogP contribution in [0, 0.1) is 17.0 Å². The van der Waals surface area contributed by atoms with Crippen molar-refractivity contribution in [1.82, 2.24) is 4.98 Å². The SMILES string of the molecule is Cc1cc(NC2CCc3cccnc32)ccc1[N+](=O)[O-]. The molecule has 0 spiro atoms. The van der Waals surface area contributed by atoms with Gasteiger partial charge in [-0.05, 0) is 43.5 Å². The highest BCUT2D eigenvalue weighted by molar-refractivity contribution is 5.55. The predicted octanol–water partition coefficient (Wildman–Crippen LogP) is 3.40. The summed E-state index contributed by atoms with van der Waals surface area (Å²) in [5.74, 6) is 0. The third-order valence-electron chi connectivity index (χ3n) is 3.69. The van der Waals surface area contributed by atoms with Crippen LogP contribution in [0.1, 0.15) is 29.3 Å². The summed E-state index contributed by atoms with van der Waals surface area (Å²) in [6, 6.07) is 9.37. The Morgan fingerprint density at radius 3 is 3.00 bits per heavy atom. The molecule has 0 saturated carbocycles. The Hall–Kier alpha value is -2.43. The van der Waals surface area contributed by atoms with E-state index in [1.54, 1.807) is 25.3 Å². The van der Waals surface area contributed by atoms with Crippen molar-refractivity contribution in [3.8, 4) is 0 Å². The molecule has 1 aliphatic carbocycles. The summed E-state index contributed by atoms with van der Waals surface area (Å²) in [6.45, 7) is 1.75. The van der Waals surface area contributed by atoms with Gasteiger partial charge in [-0.15, -0.1) is 0 Å². The van der Waals surface area contributed by atoms with Crippen molar-refractivity contribution in [2.45, 2.75) is 25.8 Å². The minimum Gasteiger partial charge on any atom is -0.377 e. The number of nitrogens with zero attached hydrogens (tertiary/aromatic N) is 2. The van der Waals surface area contributed by atoms with Gasteiger partial charge in [0.2, 0.25) is 0 Å². The summed E-state index contributed by atoms with van der Waals surface area (Å²) in [4.78, 5) is 14.9. The molecule has 1 unspecified atom stereocenters. The van der Waals surface area contributed by atoms with Crippen molar-refractivity contribution >= 4 is 11.4 Å². The van der Waals surface area contributed by atoms with Gasteiger partial charge in [0.25, 0.3) is 5.69 Å². The van der Waals surface area contributed by atoms with Crippen molar-refractivity contribution in [2.24, 2.45) is 0 Å². The molecule has 0 radical (unpaired) electrons. The fourth-order valence-corrected chi connectivity index (χ4v) is 2.70. The van der Waals surface area contributed by atoms with Crippen molar-refractivity contribution in [3.63, 3.8) is 0 Å². The number of hydrogen-bond acceptors (Lipinski definition) is 4. The number of aryl methyl sites for hydroxylation is 2. The lowest BCUT2D eigenvalue weighted by molar-refractivity contribution is -0.385. The molecule has 2 aromatic rings. The molecule has 5 heteroatoms. The molecule has 0 fully saturated rings. The molecular formula is C15H15N3O2. The topological polar surface area (TPSA) is 68.1 Å². The van der Waals surface area contributed by atoms with E-state index in [0.717, 1.165) is 24.2 Å². The quantitative estimate of drug-likeness (QED) is 0.685. The maximum atomic E-state index is 10.8. The van der Waals surface area contributed by atoms with Crippen LogP contribution < -0.4 is 5.32 Å². The first-order chi connectivity index (χ1) is 9.65. The first-order valence-electron chi connectivity index (χ1n) is 6.60. The molecule has 3 rings (SSSR count). The van der Waals surface area contributed by atoms with E-state index >= 15 is 0 Å². The Labute approximate surface area is 116 Å². The Morgan fingerprint density at radius 1 is 1.40 bits per heavy atom. The first kappa shape index (κ1) is 12.6. The number of rotatable bonds is 3. The standard InChI is InChI=1S/C15H15N3O2/c1-10-9-12(5-7-14(10)18(19)20)17-13-6-4-11-3-2-8-16-15(11)13/h2-3,5,7-9,13,17H,4,6H2,1H3. The third-order valence-corrected chi connectivity index (χ3v) is 3.69. The van der Waals surface area contributed by atoms with Gasteiger partial charge in [-0.25, -0.2) is 0 Å². The molecular weight excluding hydrogens is 254 g/mol. The molecule has 1 aliphatic rings.